The number of rotatable bonds is 8. The number of aromatic nitrogens is 1. The van der Waals surface area contributed by atoms with Crippen molar-refractivity contribution >= 4 is 5.91 Å². The van der Waals surface area contributed by atoms with Crippen molar-refractivity contribution in [3.05, 3.63) is 88.6 Å². The van der Waals surface area contributed by atoms with Gasteiger partial charge in [0.15, 0.2) is 5.75 Å². The maximum atomic E-state index is 13.2. The van der Waals surface area contributed by atoms with Gasteiger partial charge in [0, 0.05) is 13.6 Å². The molecule has 0 saturated carbocycles. The predicted octanol–water partition coefficient (Wildman–Crippen LogP) is 5.14. The Morgan fingerprint density at radius 2 is 1.81 bits per heavy atom. The highest BCUT2D eigenvalue weighted by atomic mass is 19.4. The number of hydrogen-bond donors (Lipinski definition) is 1. The first kappa shape index (κ1) is 26.5. The van der Waals surface area contributed by atoms with Crippen molar-refractivity contribution in [2.24, 2.45) is 0 Å². The minimum atomic E-state index is -4.38. The molecule has 196 valence electrons. The van der Waals surface area contributed by atoms with Gasteiger partial charge in [0.2, 0.25) is 5.91 Å². The number of aryl methyl sites for hydroxylation is 1. The van der Waals surface area contributed by atoms with Gasteiger partial charge in [0.25, 0.3) is 5.88 Å². The van der Waals surface area contributed by atoms with Crippen LogP contribution < -0.4 is 14.8 Å². The smallest absolute Gasteiger partial charge is 0.416 e. The summed E-state index contributed by atoms with van der Waals surface area (Å²) in [7, 11) is 4.69. The van der Waals surface area contributed by atoms with E-state index < -0.39 is 17.8 Å². The largest absolute Gasteiger partial charge is 0.491 e. The van der Waals surface area contributed by atoms with E-state index in [4.69, 9.17) is 14.5 Å². The van der Waals surface area contributed by atoms with Crippen molar-refractivity contribution in [2.75, 3.05) is 27.8 Å². The summed E-state index contributed by atoms with van der Waals surface area (Å²) in [6.07, 6.45) is -2.68. The van der Waals surface area contributed by atoms with Gasteiger partial charge in [-0.05, 0) is 54.2 Å². The second-order valence-electron chi connectivity index (χ2n) is 8.91. The Morgan fingerprint density at radius 1 is 1.11 bits per heavy atom. The third kappa shape index (κ3) is 5.72. The molecule has 6 nitrogen and oxygen atoms in total. The van der Waals surface area contributed by atoms with Crippen LogP contribution in [0.5, 0.6) is 11.6 Å². The van der Waals surface area contributed by atoms with E-state index in [0.29, 0.717) is 37.4 Å². The van der Waals surface area contributed by atoms with Crippen LogP contribution in [0, 0.1) is 0 Å². The summed E-state index contributed by atoms with van der Waals surface area (Å²) < 4.78 is 50.0. The number of methoxy groups -OCH3 is 2. The molecule has 0 radical (unpaired) electrons. The maximum Gasteiger partial charge on any atom is 0.416 e. The number of carbonyl (C=O) groups excluding carboxylic acids is 1. The topological polar surface area (TPSA) is 63.7 Å². The van der Waals surface area contributed by atoms with Crippen LogP contribution in [0.1, 0.15) is 46.5 Å². The number of hydrogen-bond acceptors (Lipinski definition) is 5. The summed E-state index contributed by atoms with van der Waals surface area (Å²) in [5, 5.41) is 2.79. The molecule has 0 bridgehead atoms. The monoisotopic (exact) mass is 513 g/mol. The first-order valence-electron chi connectivity index (χ1n) is 12.1. The molecule has 0 unspecified atom stereocenters. The number of carbonyl (C=O) groups is 1. The van der Waals surface area contributed by atoms with E-state index in [1.807, 2.05) is 36.4 Å². The molecule has 9 heteroatoms. The second-order valence-corrected chi connectivity index (χ2v) is 8.91. The van der Waals surface area contributed by atoms with Gasteiger partial charge in [-0.25, -0.2) is 4.98 Å². The SMILES string of the molecule is CNC(=O)[C@@H](c1ccccc1)N1CCc2cc(OC)c(OC)nc2[C@@H]1CCc1ccc(C(F)(F)F)cc1. The maximum absolute atomic E-state index is 13.2. The standard InChI is InChI=1S/C28H30F3N3O3/c1-32-26(35)25(19-7-5-4-6-8-19)34-16-15-20-17-23(36-2)27(37-3)33-24(20)22(34)14-11-18-9-12-21(13-10-18)28(29,30)31/h4-10,12-13,17,22,25H,11,14-16H2,1-3H3,(H,32,35)/t22-,25+/m0/s1. The molecule has 1 N–H and O–H groups in total. The number of pyridine rings is 1. The fourth-order valence-electron chi connectivity index (χ4n) is 4.91. The zero-order chi connectivity index (χ0) is 26.6. The summed E-state index contributed by atoms with van der Waals surface area (Å²) in [5.41, 5.74) is 2.72. The second kappa shape index (κ2) is 11.2. The molecular weight excluding hydrogens is 483 g/mol. The van der Waals surface area contributed by atoms with Gasteiger partial charge in [-0.1, -0.05) is 42.5 Å². The van der Waals surface area contributed by atoms with Crippen molar-refractivity contribution in [1.29, 1.82) is 0 Å². The van der Waals surface area contributed by atoms with Crippen LogP contribution in [-0.4, -0.2) is 43.6 Å². The van der Waals surface area contributed by atoms with Gasteiger partial charge in [0.05, 0.1) is 31.5 Å². The molecule has 37 heavy (non-hydrogen) atoms. The van der Waals surface area contributed by atoms with E-state index in [9.17, 15) is 18.0 Å². The van der Waals surface area contributed by atoms with E-state index in [1.165, 1.54) is 19.2 Å². The zero-order valence-corrected chi connectivity index (χ0v) is 21.0. The fraction of sp³-hybridized carbons (Fsp3) is 0.357. The molecule has 0 spiro atoms. The lowest BCUT2D eigenvalue weighted by Crippen LogP contribution is -2.45. The van der Waals surface area contributed by atoms with Gasteiger partial charge < -0.3 is 14.8 Å². The predicted molar refractivity (Wildman–Crippen MR) is 134 cm³/mol. The first-order valence-corrected chi connectivity index (χ1v) is 12.1. The summed E-state index contributed by atoms with van der Waals surface area (Å²) in [5.74, 6) is 0.732. The molecule has 3 aromatic rings. The summed E-state index contributed by atoms with van der Waals surface area (Å²) in [6.45, 7) is 0.592. The number of benzene rings is 2. The van der Waals surface area contributed by atoms with Crippen LogP contribution >= 0.6 is 0 Å². The molecule has 0 fully saturated rings. The minimum Gasteiger partial charge on any atom is -0.491 e. The van der Waals surface area contributed by atoms with Gasteiger partial charge in [-0.3, -0.25) is 9.69 Å². The molecule has 2 aromatic carbocycles. The highest BCUT2D eigenvalue weighted by Gasteiger charge is 2.38. The molecule has 4 rings (SSSR count). The zero-order valence-electron chi connectivity index (χ0n) is 21.0. The van der Waals surface area contributed by atoms with Crippen molar-refractivity contribution < 1.29 is 27.4 Å². The summed E-state index contributed by atoms with van der Waals surface area (Å²) >= 11 is 0. The first-order chi connectivity index (χ1) is 17.8. The number of amides is 1. The summed E-state index contributed by atoms with van der Waals surface area (Å²) in [6, 6.07) is 15.8. The van der Waals surface area contributed by atoms with Crippen molar-refractivity contribution in [2.45, 2.75) is 37.5 Å². The van der Waals surface area contributed by atoms with Crippen molar-refractivity contribution in [1.82, 2.24) is 15.2 Å². The number of alkyl halides is 3. The van der Waals surface area contributed by atoms with E-state index in [-0.39, 0.29) is 11.9 Å². The molecule has 0 aliphatic carbocycles. The lowest BCUT2D eigenvalue weighted by atomic mass is 9.89. The van der Waals surface area contributed by atoms with E-state index in [2.05, 4.69) is 10.2 Å². The lowest BCUT2D eigenvalue weighted by Gasteiger charge is -2.41. The van der Waals surface area contributed by atoms with Gasteiger partial charge in [-0.15, -0.1) is 0 Å². The molecule has 0 saturated heterocycles. The highest BCUT2D eigenvalue weighted by Crippen LogP contribution is 2.41. The van der Waals surface area contributed by atoms with Crippen LogP contribution in [0.25, 0.3) is 0 Å². The Bertz CT molecular complexity index is 1220. The normalized spacial score (nSPS) is 16.5. The van der Waals surface area contributed by atoms with Crippen molar-refractivity contribution in [3.63, 3.8) is 0 Å². The number of fused-ring (bicyclic) bond motifs is 1. The van der Waals surface area contributed by atoms with Gasteiger partial charge in [-0.2, -0.15) is 13.2 Å². The Kier molecular flexibility index (Phi) is 8.02. The third-order valence-electron chi connectivity index (χ3n) is 6.77. The van der Waals surface area contributed by atoms with Crippen LogP contribution in [0.2, 0.25) is 0 Å². The Balaban J connectivity index is 1.73. The fourth-order valence-corrected chi connectivity index (χ4v) is 4.91. The van der Waals surface area contributed by atoms with Crippen molar-refractivity contribution in [3.8, 4) is 11.6 Å². The Labute approximate surface area is 214 Å². The van der Waals surface area contributed by atoms with Crippen LogP contribution in [0.3, 0.4) is 0 Å². The van der Waals surface area contributed by atoms with Crippen LogP contribution in [0.4, 0.5) is 13.2 Å². The molecule has 1 aliphatic rings. The van der Waals surface area contributed by atoms with Crippen LogP contribution in [0.15, 0.2) is 60.7 Å². The number of ether oxygens (including phenoxy) is 2. The lowest BCUT2D eigenvalue weighted by molar-refractivity contribution is -0.137. The van der Waals surface area contributed by atoms with Crippen LogP contribution in [-0.2, 0) is 23.8 Å². The minimum absolute atomic E-state index is 0.144. The van der Waals surface area contributed by atoms with Gasteiger partial charge in [0.1, 0.15) is 6.04 Å². The summed E-state index contributed by atoms with van der Waals surface area (Å²) in [4.78, 5) is 20.1. The average molecular weight is 514 g/mol. The number of halogens is 3. The number of likely N-dealkylation sites (N-methyl/N-ethyl adjacent to an activating group) is 1. The Hall–Kier alpha value is -3.59. The van der Waals surface area contributed by atoms with E-state index in [0.717, 1.165) is 34.5 Å². The molecule has 1 amide bonds. The molecular formula is C28H30F3N3O3. The van der Waals surface area contributed by atoms with E-state index >= 15 is 0 Å². The quantitative estimate of drug-likeness (QED) is 0.452. The number of nitrogens with one attached hydrogen (secondary N) is 1. The Morgan fingerprint density at radius 3 is 2.41 bits per heavy atom. The molecule has 2 heterocycles. The third-order valence-corrected chi connectivity index (χ3v) is 6.77. The number of nitrogens with zero attached hydrogens (tertiary/aromatic N) is 2. The molecule has 1 aliphatic heterocycles. The highest BCUT2D eigenvalue weighted by molar-refractivity contribution is 5.83. The molecule has 2 atom stereocenters. The molecule has 1 aromatic heterocycles. The van der Waals surface area contributed by atoms with E-state index in [1.54, 1.807) is 14.2 Å². The average Bonchev–Trinajstić information content (AvgIpc) is 2.91. The van der Waals surface area contributed by atoms with Gasteiger partial charge >= 0.3 is 6.18 Å².